The molecule has 0 saturated heterocycles. The van der Waals surface area contributed by atoms with Crippen LogP contribution in [0, 0.1) is 6.92 Å². The minimum absolute atomic E-state index is 0.224. The summed E-state index contributed by atoms with van der Waals surface area (Å²) in [4.78, 5) is 11.8. The molecule has 0 aliphatic rings. The third-order valence-corrected chi connectivity index (χ3v) is 2.95. The Morgan fingerprint density at radius 3 is 2.55 bits per heavy atom. The van der Waals surface area contributed by atoms with Gasteiger partial charge < -0.3 is 15.4 Å². The number of carbonyl (C=O) groups is 1. The number of anilines is 1. The molecule has 0 heterocycles. The summed E-state index contributed by atoms with van der Waals surface area (Å²) in [5.74, 6) is 0.806. The molecule has 0 spiro atoms. The van der Waals surface area contributed by atoms with Gasteiger partial charge in [-0.15, -0.1) is 0 Å². The Bertz CT molecular complexity index is 582. The molecule has 0 aliphatic carbocycles. The van der Waals surface area contributed by atoms with E-state index in [0.29, 0.717) is 6.54 Å². The van der Waals surface area contributed by atoms with Crippen LogP contribution in [0.3, 0.4) is 0 Å². The summed E-state index contributed by atoms with van der Waals surface area (Å²) in [5.41, 5.74) is 2.79. The number of hydrogen-bond acceptors (Lipinski definition) is 2. The van der Waals surface area contributed by atoms with Gasteiger partial charge in [0.2, 0.25) is 0 Å². The van der Waals surface area contributed by atoms with E-state index in [2.05, 4.69) is 10.6 Å². The maximum absolute atomic E-state index is 11.8. The third-order valence-electron chi connectivity index (χ3n) is 2.95. The molecule has 4 heteroatoms. The SMILES string of the molecule is COc1ccc(NC(=O)NCc2ccccc2)cc1C. The Morgan fingerprint density at radius 2 is 1.90 bits per heavy atom. The average molecular weight is 270 g/mol. The number of benzene rings is 2. The molecule has 0 saturated carbocycles. The molecule has 0 radical (unpaired) electrons. The van der Waals surface area contributed by atoms with E-state index in [0.717, 1.165) is 22.6 Å². The third kappa shape index (κ3) is 3.75. The lowest BCUT2D eigenvalue weighted by atomic mass is 10.2. The van der Waals surface area contributed by atoms with Crippen LogP contribution in [0.4, 0.5) is 10.5 Å². The molecule has 0 bridgehead atoms. The van der Waals surface area contributed by atoms with Gasteiger partial charge in [-0.25, -0.2) is 4.79 Å². The van der Waals surface area contributed by atoms with Gasteiger partial charge in [0.1, 0.15) is 5.75 Å². The first-order valence-electron chi connectivity index (χ1n) is 6.42. The van der Waals surface area contributed by atoms with Crippen molar-refractivity contribution in [3.63, 3.8) is 0 Å². The van der Waals surface area contributed by atoms with Crippen LogP contribution < -0.4 is 15.4 Å². The van der Waals surface area contributed by atoms with Crippen LogP contribution in [0.5, 0.6) is 5.75 Å². The van der Waals surface area contributed by atoms with Gasteiger partial charge in [-0.1, -0.05) is 30.3 Å². The lowest BCUT2D eigenvalue weighted by Gasteiger charge is -2.10. The van der Waals surface area contributed by atoms with Gasteiger partial charge in [-0.2, -0.15) is 0 Å². The summed E-state index contributed by atoms with van der Waals surface area (Å²) in [6.45, 7) is 2.44. The lowest BCUT2D eigenvalue weighted by molar-refractivity contribution is 0.251. The van der Waals surface area contributed by atoms with Crippen molar-refractivity contribution in [1.29, 1.82) is 0 Å². The standard InChI is InChI=1S/C16H18N2O2/c1-12-10-14(8-9-15(12)20-2)18-16(19)17-11-13-6-4-3-5-7-13/h3-10H,11H2,1-2H3,(H2,17,18,19). The fourth-order valence-electron chi connectivity index (χ4n) is 1.91. The quantitative estimate of drug-likeness (QED) is 0.895. The van der Waals surface area contributed by atoms with Crippen molar-refractivity contribution in [2.45, 2.75) is 13.5 Å². The van der Waals surface area contributed by atoms with Gasteiger partial charge in [-0.3, -0.25) is 0 Å². The van der Waals surface area contributed by atoms with E-state index >= 15 is 0 Å². The molecule has 0 fully saturated rings. The minimum atomic E-state index is -0.224. The Hall–Kier alpha value is -2.49. The topological polar surface area (TPSA) is 50.4 Å². The highest BCUT2D eigenvalue weighted by Gasteiger charge is 2.04. The Balaban J connectivity index is 1.90. The molecular weight excluding hydrogens is 252 g/mol. The second-order valence-corrected chi connectivity index (χ2v) is 4.48. The van der Waals surface area contributed by atoms with Crippen molar-refractivity contribution in [3.8, 4) is 5.75 Å². The van der Waals surface area contributed by atoms with E-state index in [1.54, 1.807) is 7.11 Å². The van der Waals surface area contributed by atoms with Crippen molar-refractivity contribution in [1.82, 2.24) is 5.32 Å². The average Bonchev–Trinajstić information content (AvgIpc) is 2.46. The van der Waals surface area contributed by atoms with Crippen LogP contribution in [-0.4, -0.2) is 13.1 Å². The van der Waals surface area contributed by atoms with E-state index in [-0.39, 0.29) is 6.03 Å². The van der Waals surface area contributed by atoms with E-state index in [1.165, 1.54) is 0 Å². The molecule has 2 N–H and O–H groups in total. The van der Waals surface area contributed by atoms with Gasteiger partial charge in [0.25, 0.3) is 0 Å². The van der Waals surface area contributed by atoms with Crippen LogP contribution >= 0.6 is 0 Å². The van der Waals surface area contributed by atoms with Gasteiger partial charge in [0.05, 0.1) is 7.11 Å². The number of methoxy groups -OCH3 is 1. The van der Waals surface area contributed by atoms with Crippen LogP contribution in [0.25, 0.3) is 0 Å². The first kappa shape index (κ1) is 13.9. The number of nitrogens with one attached hydrogen (secondary N) is 2. The largest absolute Gasteiger partial charge is 0.496 e. The number of ether oxygens (including phenoxy) is 1. The minimum Gasteiger partial charge on any atom is -0.496 e. The highest BCUT2D eigenvalue weighted by Crippen LogP contribution is 2.21. The van der Waals surface area contributed by atoms with Crippen LogP contribution in [0.15, 0.2) is 48.5 Å². The summed E-state index contributed by atoms with van der Waals surface area (Å²) in [6.07, 6.45) is 0. The fourth-order valence-corrected chi connectivity index (χ4v) is 1.91. The maximum Gasteiger partial charge on any atom is 0.319 e. The van der Waals surface area contributed by atoms with E-state index in [1.807, 2.05) is 55.5 Å². The van der Waals surface area contributed by atoms with E-state index in [9.17, 15) is 4.79 Å². The smallest absolute Gasteiger partial charge is 0.319 e. The highest BCUT2D eigenvalue weighted by molar-refractivity contribution is 5.89. The first-order valence-corrected chi connectivity index (χ1v) is 6.42. The van der Waals surface area contributed by atoms with Crippen molar-refractivity contribution < 1.29 is 9.53 Å². The molecule has 0 aliphatic heterocycles. The van der Waals surface area contributed by atoms with Gasteiger partial charge >= 0.3 is 6.03 Å². The lowest BCUT2D eigenvalue weighted by Crippen LogP contribution is -2.28. The fraction of sp³-hybridized carbons (Fsp3) is 0.188. The molecule has 2 aromatic carbocycles. The predicted molar refractivity (Wildman–Crippen MR) is 80.0 cm³/mol. The van der Waals surface area contributed by atoms with Gasteiger partial charge in [0, 0.05) is 12.2 Å². The van der Waals surface area contributed by atoms with E-state index < -0.39 is 0 Å². The Morgan fingerprint density at radius 1 is 1.15 bits per heavy atom. The zero-order valence-electron chi connectivity index (χ0n) is 11.6. The molecule has 2 rings (SSSR count). The summed E-state index contributed by atoms with van der Waals surface area (Å²) in [6, 6.07) is 15.1. The monoisotopic (exact) mass is 270 g/mol. The molecule has 2 aromatic rings. The van der Waals surface area contributed by atoms with Crippen molar-refractivity contribution in [2.75, 3.05) is 12.4 Å². The molecule has 0 atom stereocenters. The number of rotatable bonds is 4. The summed E-state index contributed by atoms with van der Waals surface area (Å²) in [7, 11) is 1.63. The zero-order chi connectivity index (χ0) is 14.4. The number of hydrogen-bond donors (Lipinski definition) is 2. The summed E-state index contributed by atoms with van der Waals surface area (Å²) < 4.78 is 5.18. The van der Waals surface area contributed by atoms with E-state index in [4.69, 9.17) is 4.74 Å². The molecule has 20 heavy (non-hydrogen) atoms. The second kappa shape index (κ2) is 6.61. The summed E-state index contributed by atoms with van der Waals surface area (Å²) in [5, 5.41) is 5.61. The Kier molecular flexibility index (Phi) is 4.60. The summed E-state index contributed by atoms with van der Waals surface area (Å²) >= 11 is 0. The van der Waals surface area contributed by atoms with Gasteiger partial charge in [-0.05, 0) is 36.2 Å². The van der Waals surface area contributed by atoms with Crippen LogP contribution in [0.1, 0.15) is 11.1 Å². The molecule has 104 valence electrons. The first-order chi connectivity index (χ1) is 9.69. The normalized spacial score (nSPS) is 9.90. The number of carbonyl (C=O) groups excluding carboxylic acids is 1. The second-order valence-electron chi connectivity index (χ2n) is 4.48. The molecule has 2 amide bonds. The predicted octanol–water partition coefficient (Wildman–Crippen LogP) is 3.33. The molecular formula is C16H18N2O2. The van der Waals surface area contributed by atoms with Crippen molar-refractivity contribution in [2.24, 2.45) is 0 Å². The van der Waals surface area contributed by atoms with Gasteiger partial charge in [0.15, 0.2) is 0 Å². The molecule has 4 nitrogen and oxygen atoms in total. The molecule has 0 unspecified atom stereocenters. The number of aryl methyl sites for hydroxylation is 1. The molecule has 0 aromatic heterocycles. The highest BCUT2D eigenvalue weighted by atomic mass is 16.5. The van der Waals surface area contributed by atoms with Crippen LogP contribution in [-0.2, 0) is 6.54 Å². The number of urea groups is 1. The Labute approximate surface area is 118 Å². The van der Waals surface area contributed by atoms with Crippen LogP contribution in [0.2, 0.25) is 0 Å². The number of amides is 2. The maximum atomic E-state index is 11.8. The zero-order valence-corrected chi connectivity index (χ0v) is 11.6. The van der Waals surface area contributed by atoms with Crippen molar-refractivity contribution >= 4 is 11.7 Å². The van der Waals surface area contributed by atoms with Crippen molar-refractivity contribution in [3.05, 3.63) is 59.7 Å².